The molecule has 0 atom stereocenters. The van der Waals surface area contributed by atoms with Crippen LogP contribution in [0.4, 0.5) is 32.1 Å². The molecular formula is C33H31FN6O5. The third kappa shape index (κ3) is 6.92. The lowest BCUT2D eigenvalue weighted by Crippen LogP contribution is -2.37. The Morgan fingerprint density at radius 2 is 1.64 bits per heavy atom. The van der Waals surface area contributed by atoms with Gasteiger partial charge in [0, 0.05) is 54.3 Å². The number of halogens is 1. The zero-order valence-electron chi connectivity index (χ0n) is 24.5. The topological polar surface area (TPSA) is 142 Å². The lowest BCUT2D eigenvalue weighted by Gasteiger charge is -2.29. The van der Waals surface area contributed by atoms with Crippen LogP contribution in [-0.2, 0) is 16.0 Å². The largest absolute Gasteiger partial charge is 0.461 e. The minimum atomic E-state index is -0.683. The average Bonchev–Trinajstić information content (AvgIpc) is 3.51. The van der Waals surface area contributed by atoms with E-state index in [2.05, 4.69) is 20.9 Å². The van der Waals surface area contributed by atoms with Crippen LogP contribution in [0.15, 0.2) is 77.2 Å². The molecule has 2 aromatic heterocycles. The summed E-state index contributed by atoms with van der Waals surface area (Å²) in [5, 5.41) is 17.8. The molecule has 1 aliphatic rings. The van der Waals surface area contributed by atoms with E-state index in [0.29, 0.717) is 61.4 Å². The van der Waals surface area contributed by atoms with Gasteiger partial charge in [0.05, 0.1) is 31.0 Å². The first-order chi connectivity index (χ1) is 21.9. The summed E-state index contributed by atoms with van der Waals surface area (Å²) < 4.78 is 25.9. The number of amides is 3. The Bertz CT molecular complexity index is 1850. The van der Waals surface area contributed by atoms with E-state index < -0.39 is 11.8 Å². The SMILES string of the molecule is CC(=O)Nc1ccc(NC(=O)Nc2ccc(-c3nc(N4CCOCC4)c4ccc(-c5ccc(CCO)o5)cc4n3)cc2)c(F)c1. The lowest BCUT2D eigenvalue weighted by molar-refractivity contribution is -0.114. The van der Waals surface area contributed by atoms with Crippen molar-refractivity contribution in [3.05, 3.63) is 84.4 Å². The number of nitrogens with zero attached hydrogens (tertiary/aromatic N) is 3. The van der Waals surface area contributed by atoms with Crippen LogP contribution in [-0.4, -0.2) is 59.9 Å². The molecule has 4 N–H and O–H groups in total. The maximum Gasteiger partial charge on any atom is 0.323 e. The maximum atomic E-state index is 14.4. The highest BCUT2D eigenvalue weighted by atomic mass is 19.1. The highest BCUT2D eigenvalue weighted by molar-refractivity contribution is 6.00. The molecule has 0 aliphatic carbocycles. The van der Waals surface area contributed by atoms with Crippen molar-refractivity contribution in [2.75, 3.05) is 53.8 Å². The maximum absolute atomic E-state index is 14.4. The fraction of sp³-hybridized carbons (Fsp3) is 0.212. The molecule has 230 valence electrons. The van der Waals surface area contributed by atoms with Gasteiger partial charge in [-0.3, -0.25) is 4.79 Å². The first kappa shape index (κ1) is 29.7. The van der Waals surface area contributed by atoms with E-state index in [4.69, 9.17) is 19.1 Å². The Morgan fingerprint density at radius 3 is 2.38 bits per heavy atom. The normalized spacial score (nSPS) is 13.1. The summed E-state index contributed by atoms with van der Waals surface area (Å²) in [7, 11) is 0. The number of aromatic nitrogens is 2. The van der Waals surface area contributed by atoms with Gasteiger partial charge in [0.25, 0.3) is 0 Å². The molecule has 45 heavy (non-hydrogen) atoms. The number of hydrogen-bond acceptors (Lipinski definition) is 8. The minimum Gasteiger partial charge on any atom is -0.461 e. The zero-order chi connectivity index (χ0) is 31.3. The number of aliphatic hydroxyl groups excluding tert-OH is 1. The number of urea groups is 1. The van der Waals surface area contributed by atoms with Crippen molar-refractivity contribution in [1.82, 2.24) is 9.97 Å². The molecule has 3 aromatic carbocycles. The third-order valence-corrected chi connectivity index (χ3v) is 7.23. The van der Waals surface area contributed by atoms with Crippen LogP contribution in [0.25, 0.3) is 33.6 Å². The summed E-state index contributed by atoms with van der Waals surface area (Å²) in [5.41, 5.74) is 3.09. The van der Waals surface area contributed by atoms with Crippen molar-refractivity contribution in [1.29, 1.82) is 0 Å². The molecule has 1 fully saturated rings. The van der Waals surface area contributed by atoms with Crippen molar-refractivity contribution in [2.24, 2.45) is 0 Å². The van der Waals surface area contributed by atoms with Crippen molar-refractivity contribution in [3.63, 3.8) is 0 Å². The van der Waals surface area contributed by atoms with E-state index in [-0.39, 0.29) is 18.2 Å². The van der Waals surface area contributed by atoms with Crippen molar-refractivity contribution < 1.29 is 28.2 Å². The third-order valence-electron chi connectivity index (χ3n) is 7.23. The summed E-state index contributed by atoms with van der Waals surface area (Å²) in [6.45, 7) is 3.94. The van der Waals surface area contributed by atoms with E-state index >= 15 is 0 Å². The Morgan fingerprint density at radius 1 is 0.889 bits per heavy atom. The highest BCUT2D eigenvalue weighted by Crippen LogP contribution is 2.32. The first-order valence-electron chi connectivity index (χ1n) is 14.5. The van der Waals surface area contributed by atoms with E-state index in [1.165, 1.54) is 19.1 Å². The number of aliphatic hydroxyl groups is 1. The molecule has 12 heteroatoms. The highest BCUT2D eigenvalue weighted by Gasteiger charge is 2.19. The van der Waals surface area contributed by atoms with Gasteiger partial charge in [-0.05, 0) is 66.7 Å². The van der Waals surface area contributed by atoms with Gasteiger partial charge in [-0.15, -0.1) is 0 Å². The van der Waals surface area contributed by atoms with Crippen molar-refractivity contribution in [2.45, 2.75) is 13.3 Å². The summed E-state index contributed by atoms with van der Waals surface area (Å²) in [6.07, 6.45) is 0.442. The number of anilines is 4. The number of hydrogen-bond donors (Lipinski definition) is 4. The fourth-order valence-electron chi connectivity index (χ4n) is 5.07. The fourth-order valence-corrected chi connectivity index (χ4v) is 5.07. The molecule has 6 rings (SSSR count). The van der Waals surface area contributed by atoms with Crippen LogP contribution in [0.5, 0.6) is 0 Å². The summed E-state index contributed by atoms with van der Waals surface area (Å²) in [4.78, 5) is 35.8. The number of nitrogens with one attached hydrogen (secondary N) is 3. The zero-order valence-corrected chi connectivity index (χ0v) is 24.5. The number of fused-ring (bicyclic) bond motifs is 1. The second kappa shape index (κ2) is 13.1. The van der Waals surface area contributed by atoms with Crippen LogP contribution < -0.4 is 20.9 Å². The van der Waals surface area contributed by atoms with Gasteiger partial charge >= 0.3 is 6.03 Å². The van der Waals surface area contributed by atoms with Crippen LogP contribution in [0.1, 0.15) is 12.7 Å². The number of furan rings is 1. The standard InChI is InChI=1S/C33H31FN6O5/c1-20(42)35-24-7-10-28(27(34)19-24)38-33(43)36-23-5-2-21(3-6-23)31-37-29-18-22(30-11-8-25(45-30)12-15-41)4-9-26(29)32(39-31)40-13-16-44-17-14-40/h2-11,18-19,41H,12-17H2,1H3,(H,35,42)(H2,36,38,43). The van der Waals surface area contributed by atoms with Gasteiger partial charge in [0.1, 0.15) is 23.2 Å². The molecule has 0 unspecified atom stereocenters. The molecule has 3 heterocycles. The molecule has 5 aromatic rings. The second-order valence-corrected chi connectivity index (χ2v) is 10.5. The smallest absolute Gasteiger partial charge is 0.323 e. The molecule has 0 saturated carbocycles. The van der Waals surface area contributed by atoms with Crippen molar-refractivity contribution >= 4 is 45.7 Å². The second-order valence-electron chi connectivity index (χ2n) is 10.5. The van der Waals surface area contributed by atoms with E-state index in [0.717, 1.165) is 33.9 Å². The predicted octanol–water partition coefficient (Wildman–Crippen LogP) is 5.67. The van der Waals surface area contributed by atoms with Crippen molar-refractivity contribution in [3.8, 4) is 22.7 Å². The van der Waals surface area contributed by atoms with E-state index in [1.807, 2.05) is 30.3 Å². The van der Waals surface area contributed by atoms with Gasteiger partial charge < -0.3 is 35.1 Å². The first-order valence-corrected chi connectivity index (χ1v) is 14.5. The quantitative estimate of drug-likeness (QED) is 0.176. The minimum absolute atomic E-state index is 0.0105. The number of carbonyl (C=O) groups is 2. The Kier molecular flexibility index (Phi) is 8.67. The summed E-state index contributed by atoms with van der Waals surface area (Å²) in [5.74, 6) is 1.70. The van der Waals surface area contributed by atoms with E-state index in [9.17, 15) is 19.1 Å². The predicted molar refractivity (Wildman–Crippen MR) is 170 cm³/mol. The van der Waals surface area contributed by atoms with Crippen LogP contribution >= 0.6 is 0 Å². The van der Waals surface area contributed by atoms with Gasteiger partial charge in [-0.2, -0.15) is 0 Å². The average molecular weight is 611 g/mol. The van der Waals surface area contributed by atoms with Crippen LogP contribution in [0.2, 0.25) is 0 Å². The monoisotopic (exact) mass is 610 g/mol. The molecule has 1 saturated heterocycles. The van der Waals surface area contributed by atoms with Gasteiger partial charge in [0.15, 0.2) is 5.82 Å². The summed E-state index contributed by atoms with van der Waals surface area (Å²) in [6, 6.07) is 20.1. The van der Waals surface area contributed by atoms with Gasteiger partial charge in [-0.1, -0.05) is 6.07 Å². The summed E-state index contributed by atoms with van der Waals surface area (Å²) >= 11 is 0. The number of benzene rings is 3. The van der Waals surface area contributed by atoms with Crippen LogP contribution in [0, 0.1) is 5.82 Å². The molecule has 11 nitrogen and oxygen atoms in total. The Balaban J connectivity index is 1.24. The molecule has 0 bridgehead atoms. The number of rotatable bonds is 8. The van der Waals surface area contributed by atoms with Gasteiger partial charge in [-0.25, -0.2) is 19.2 Å². The Hall–Kier alpha value is -5.33. The van der Waals surface area contributed by atoms with Crippen LogP contribution in [0.3, 0.4) is 0 Å². The molecule has 3 amide bonds. The molecular weight excluding hydrogens is 579 g/mol. The molecule has 0 spiro atoms. The Labute approximate surface area is 258 Å². The molecule has 1 aliphatic heterocycles. The molecule has 0 radical (unpaired) electrons. The lowest BCUT2D eigenvalue weighted by atomic mass is 10.1. The van der Waals surface area contributed by atoms with E-state index in [1.54, 1.807) is 24.3 Å². The number of ether oxygens (including phenoxy) is 1. The number of morpholine rings is 1. The number of carbonyl (C=O) groups excluding carboxylic acids is 2. The van der Waals surface area contributed by atoms with Gasteiger partial charge in [0.2, 0.25) is 5.91 Å².